The predicted octanol–water partition coefficient (Wildman–Crippen LogP) is 4.11. The number of hydrogen-bond donors (Lipinski definition) is 2. The molecule has 2 aliphatic rings. The van der Waals surface area contributed by atoms with Gasteiger partial charge in [0.1, 0.15) is 5.75 Å². The summed E-state index contributed by atoms with van der Waals surface area (Å²) in [5.41, 5.74) is 2.04. The van der Waals surface area contributed by atoms with Crippen LogP contribution in [-0.2, 0) is 6.18 Å². The fraction of sp³-hybridized carbons (Fsp3) is 0.368. The van der Waals surface area contributed by atoms with E-state index in [-0.39, 0.29) is 5.56 Å². The van der Waals surface area contributed by atoms with Crippen LogP contribution in [0.15, 0.2) is 36.4 Å². The Hall–Kier alpha value is -2.21. The molecule has 4 rings (SSSR count). The number of methoxy groups -OCH3 is 1. The first-order valence-corrected chi connectivity index (χ1v) is 8.32. The van der Waals surface area contributed by atoms with Gasteiger partial charge in [-0.3, -0.25) is 0 Å². The number of rotatable bonds is 2. The number of ether oxygens (including phenoxy) is 1. The SMILES string of the molecule is COc1cc(-c2ccccc2C(F)(F)F)cc2c1NC[C@@H]1CNC[C@H]21. The molecule has 2 aromatic carbocycles. The second-order valence-corrected chi connectivity index (χ2v) is 6.59. The van der Waals surface area contributed by atoms with E-state index in [4.69, 9.17) is 4.74 Å². The van der Waals surface area contributed by atoms with E-state index in [0.29, 0.717) is 23.1 Å². The van der Waals surface area contributed by atoms with Crippen molar-refractivity contribution < 1.29 is 17.9 Å². The van der Waals surface area contributed by atoms with Crippen molar-refractivity contribution in [2.75, 3.05) is 32.1 Å². The summed E-state index contributed by atoms with van der Waals surface area (Å²) in [7, 11) is 1.55. The Balaban J connectivity index is 1.89. The predicted molar refractivity (Wildman–Crippen MR) is 91.0 cm³/mol. The Labute approximate surface area is 144 Å². The molecule has 2 aromatic rings. The molecular weight excluding hydrogens is 329 g/mol. The van der Waals surface area contributed by atoms with Crippen molar-refractivity contribution in [1.82, 2.24) is 5.32 Å². The summed E-state index contributed by atoms with van der Waals surface area (Å²) in [5.74, 6) is 1.34. The van der Waals surface area contributed by atoms with E-state index in [1.165, 1.54) is 12.1 Å². The molecule has 1 saturated heterocycles. The van der Waals surface area contributed by atoms with Crippen molar-refractivity contribution in [3.63, 3.8) is 0 Å². The lowest BCUT2D eigenvalue weighted by Gasteiger charge is -2.31. The lowest BCUT2D eigenvalue weighted by atomic mass is 9.82. The normalized spacial score (nSPS) is 22.1. The highest BCUT2D eigenvalue weighted by Crippen LogP contribution is 2.46. The van der Waals surface area contributed by atoms with Crippen molar-refractivity contribution >= 4 is 5.69 Å². The summed E-state index contributed by atoms with van der Waals surface area (Å²) in [6, 6.07) is 9.28. The Kier molecular flexibility index (Phi) is 3.87. The molecule has 1 fully saturated rings. The quantitative estimate of drug-likeness (QED) is 0.857. The van der Waals surface area contributed by atoms with E-state index >= 15 is 0 Å². The van der Waals surface area contributed by atoms with Crippen molar-refractivity contribution in [3.8, 4) is 16.9 Å². The fourth-order valence-corrected chi connectivity index (χ4v) is 3.96. The molecule has 132 valence electrons. The van der Waals surface area contributed by atoms with Gasteiger partial charge in [-0.1, -0.05) is 18.2 Å². The van der Waals surface area contributed by atoms with Crippen LogP contribution in [0.3, 0.4) is 0 Å². The Morgan fingerprint density at radius 3 is 2.64 bits per heavy atom. The fourth-order valence-electron chi connectivity index (χ4n) is 3.96. The number of alkyl halides is 3. The number of anilines is 1. The molecule has 6 heteroatoms. The van der Waals surface area contributed by atoms with Crippen molar-refractivity contribution in [1.29, 1.82) is 0 Å². The van der Waals surface area contributed by atoms with Gasteiger partial charge in [-0.05, 0) is 40.8 Å². The first-order valence-electron chi connectivity index (χ1n) is 8.32. The number of nitrogens with one attached hydrogen (secondary N) is 2. The molecule has 0 radical (unpaired) electrons. The lowest BCUT2D eigenvalue weighted by Crippen LogP contribution is -2.27. The van der Waals surface area contributed by atoms with E-state index in [9.17, 15) is 13.2 Å². The topological polar surface area (TPSA) is 33.3 Å². The van der Waals surface area contributed by atoms with E-state index in [0.717, 1.165) is 37.0 Å². The standard InChI is InChI=1S/C19H19F3N2O/c1-25-17-7-11(13-4-2-3-5-16(13)19(20,21)22)6-14-15-10-23-8-12(15)9-24-18(14)17/h2-7,12,15,23-24H,8-10H2,1H3/t12-,15-/m0/s1. The Morgan fingerprint density at radius 2 is 1.88 bits per heavy atom. The van der Waals surface area contributed by atoms with Gasteiger partial charge in [0.25, 0.3) is 0 Å². The maximum absolute atomic E-state index is 13.4. The van der Waals surface area contributed by atoms with Crippen molar-refractivity contribution in [2.24, 2.45) is 5.92 Å². The van der Waals surface area contributed by atoms with Gasteiger partial charge in [0.2, 0.25) is 0 Å². The molecular formula is C19H19F3N2O. The number of benzene rings is 2. The molecule has 2 N–H and O–H groups in total. The van der Waals surface area contributed by atoms with Crippen molar-refractivity contribution in [3.05, 3.63) is 47.5 Å². The zero-order chi connectivity index (χ0) is 17.6. The minimum atomic E-state index is -4.39. The smallest absolute Gasteiger partial charge is 0.417 e. The average Bonchev–Trinajstić information content (AvgIpc) is 3.09. The summed E-state index contributed by atoms with van der Waals surface area (Å²) in [4.78, 5) is 0. The van der Waals surface area contributed by atoms with Gasteiger partial charge >= 0.3 is 6.18 Å². The molecule has 0 aromatic heterocycles. The minimum absolute atomic E-state index is 0.184. The molecule has 0 amide bonds. The number of hydrogen-bond acceptors (Lipinski definition) is 3. The summed E-state index contributed by atoms with van der Waals surface area (Å²) in [5, 5.41) is 6.77. The molecule has 2 atom stereocenters. The van der Waals surface area contributed by atoms with Crippen LogP contribution in [-0.4, -0.2) is 26.7 Å². The maximum atomic E-state index is 13.4. The molecule has 2 aliphatic heterocycles. The van der Waals surface area contributed by atoms with Crippen LogP contribution in [0.4, 0.5) is 18.9 Å². The summed E-state index contributed by atoms with van der Waals surface area (Å²) in [6.07, 6.45) is -4.39. The van der Waals surface area contributed by atoms with Crippen LogP contribution in [0.5, 0.6) is 5.75 Å². The molecule has 2 heterocycles. The first kappa shape index (κ1) is 16.3. The maximum Gasteiger partial charge on any atom is 0.417 e. The van der Waals surface area contributed by atoms with E-state index in [1.54, 1.807) is 19.2 Å². The van der Waals surface area contributed by atoms with Crippen LogP contribution < -0.4 is 15.4 Å². The second-order valence-electron chi connectivity index (χ2n) is 6.59. The van der Waals surface area contributed by atoms with Gasteiger partial charge in [-0.2, -0.15) is 13.2 Å². The highest BCUT2D eigenvalue weighted by Gasteiger charge is 2.37. The van der Waals surface area contributed by atoms with Gasteiger partial charge < -0.3 is 15.4 Å². The Bertz CT molecular complexity index is 804. The molecule has 0 aliphatic carbocycles. The first-order chi connectivity index (χ1) is 12.0. The van der Waals surface area contributed by atoms with Gasteiger partial charge in [0.15, 0.2) is 0 Å². The molecule has 3 nitrogen and oxygen atoms in total. The van der Waals surface area contributed by atoms with Crippen LogP contribution in [0.1, 0.15) is 17.0 Å². The van der Waals surface area contributed by atoms with Crippen LogP contribution >= 0.6 is 0 Å². The highest BCUT2D eigenvalue weighted by molar-refractivity contribution is 5.77. The van der Waals surface area contributed by atoms with Crippen LogP contribution in [0, 0.1) is 5.92 Å². The average molecular weight is 348 g/mol. The summed E-state index contributed by atoms with van der Waals surface area (Å²) in [6.45, 7) is 2.61. The lowest BCUT2D eigenvalue weighted by molar-refractivity contribution is -0.137. The zero-order valence-corrected chi connectivity index (χ0v) is 13.8. The molecule has 0 saturated carbocycles. The summed E-state index contributed by atoms with van der Waals surface area (Å²) >= 11 is 0. The second kappa shape index (κ2) is 5.95. The molecule has 0 spiro atoms. The highest BCUT2D eigenvalue weighted by atomic mass is 19.4. The zero-order valence-electron chi connectivity index (χ0n) is 13.8. The number of halogens is 3. The van der Waals surface area contributed by atoms with E-state index < -0.39 is 11.7 Å². The number of fused-ring (bicyclic) bond motifs is 3. The summed E-state index contributed by atoms with van der Waals surface area (Å²) < 4.78 is 45.7. The van der Waals surface area contributed by atoms with E-state index in [1.807, 2.05) is 6.07 Å². The van der Waals surface area contributed by atoms with Gasteiger partial charge in [-0.15, -0.1) is 0 Å². The minimum Gasteiger partial charge on any atom is -0.495 e. The monoisotopic (exact) mass is 348 g/mol. The van der Waals surface area contributed by atoms with Gasteiger partial charge in [-0.25, -0.2) is 0 Å². The molecule has 0 bridgehead atoms. The van der Waals surface area contributed by atoms with E-state index in [2.05, 4.69) is 10.6 Å². The van der Waals surface area contributed by atoms with Gasteiger partial charge in [0, 0.05) is 25.6 Å². The van der Waals surface area contributed by atoms with Crippen LogP contribution in [0.2, 0.25) is 0 Å². The largest absolute Gasteiger partial charge is 0.495 e. The van der Waals surface area contributed by atoms with Gasteiger partial charge in [0.05, 0.1) is 18.4 Å². The van der Waals surface area contributed by atoms with Crippen molar-refractivity contribution in [2.45, 2.75) is 12.1 Å². The third-order valence-electron chi connectivity index (χ3n) is 5.18. The van der Waals surface area contributed by atoms with Crippen LogP contribution in [0.25, 0.3) is 11.1 Å². The molecule has 25 heavy (non-hydrogen) atoms. The Morgan fingerprint density at radius 1 is 1.08 bits per heavy atom. The third-order valence-corrected chi connectivity index (χ3v) is 5.18. The third kappa shape index (κ3) is 2.74. The molecule has 0 unspecified atom stereocenters.